The van der Waals surface area contributed by atoms with Gasteiger partial charge in [-0.3, -0.25) is 4.79 Å². The summed E-state index contributed by atoms with van der Waals surface area (Å²) in [5, 5.41) is 11.9. The van der Waals surface area contributed by atoms with Gasteiger partial charge in [0, 0.05) is 13.5 Å². The van der Waals surface area contributed by atoms with Crippen LogP contribution in [0, 0.1) is 5.41 Å². The first-order chi connectivity index (χ1) is 8.56. The van der Waals surface area contributed by atoms with E-state index in [0.717, 1.165) is 0 Å². The number of aliphatic hydroxyl groups excluding tert-OH is 1. The summed E-state index contributed by atoms with van der Waals surface area (Å²) in [5.74, 6) is -0.569. The fourth-order valence-corrected chi connectivity index (χ4v) is 1.87. The Kier molecular flexibility index (Phi) is 5.55. The number of hydrogen-bond donors (Lipinski definition) is 2. The molecule has 0 bridgehead atoms. The summed E-state index contributed by atoms with van der Waals surface area (Å²) in [5.41, 5.74) is -0.562. The average molecular weight is 259 g/mol. The van der Waals surface area contributed by atoms with E-state index >= 15 is 0 Å². The van der Waals surface area contributed by atoms with Crippen molar-refractivity contribution < 1.29 is 24.2 Å². The van der Waals surface area contributed by atoms with Crippen molar-refractivity contribution in [2.75, 3.05) is 26.9 Å². The number of aliphatic hydroxyl groups is 1. The normalized spacial score (nSPS) is 22.4. The van der Waals surface area contributed by atoms with Gasteiger partial charge < -0.3 is 19.9 Å². The SMILES string of the molecule is CCC(CO)(COC)COC(=O)C1CCC(=O)N1. The lowest BCUT2D eigenvalue weighted by Gasteiger charge is -2.29. The molecule has 0 aliphatic carbocycles. The van der Waals surface area contributed by atoms with Gasteiger partial charge >= 0.3 is 5.97 Å². The summed E-state index contributed by atoms with van der Waals surface area (Å²) in [6.07, 6.45) is 1.47. The molecule has 6 nitrogen and oxygen atoms in total. The molecule has 2 N–H and O–H groups in total. The van der Waals surface area contributed by atoms with Crippen molar-refractivity contribution >= 4 is 11.9 Å². The van der Waals surface area contributed by atoms with Gasteiger partial charge in [-0.25, -0.2) is 4.79 Å². The van der Waals surface area contributed by atoms with Gasteiger partial charge in [-0.2, -0.15) is 0 Å². The van der Waals surface area contributed by atoms with E-state index in [-0.39, 0.29) is 19.1 Å². The van der Waals surface area contributed by atoms with E-state index in [9.17, 15) is 14.7 Å². The van der Waals surface area contributed by atoms with Gasteiger partial charge in [-0.05, 0) is 12.8 Å². The van der Waals surface area contributed by atoms with Gasteiger partial charge in [0.05, 0.1) is 18.6 Å². The van der Waals surface area contributed by atoms with Crippen LogP contribution in [0.4, 0.5) is 0 Å². The Morgan fingerprint density at radius 3 is 2.72 bits per heavy atom. The number of amides is 1. The largest absolute Gasteiger partial charge is 0.463 e. The molecular formula is C12H21NO5. The molecule has 1 amide bonds. The van der Waals surface area contributed by atoms with Gasteiger partial charge in [0.15, 0.2) is 0 Å². The number of nitrogens with one attached hydrogen (secondary N) is 1. The molecule has 1 heterocycles. The van der Waals surface area contributed by atoms with Gasteiger partial charge in [0.2, 0.25) is 5.91 Å². The standard InChI is InChI=1S/C12H21NO5/c1-3-12(6-14,7-17-2)8-18-11(16)9-4-5-10(15)13-9/h9,14H,3-8H2,1-2H3,(H,13,15). The predicted molar refractivity (Wildman–Crippen MR) is 63.8 cm³/mol. The number of carbonyl (C=O) groups excluding carboxylic acids is 2. The monoisotopic (exact) mass is 259 g/mol. The molecule has 2 atom stereocenters. The molecule has 1 aliphatic heterocycles. The van der Waals surface area contributed by atoms with Crippen molar-refractivity contribution in [3.63, 3.8) is 0 Å². The third kappa shape index (κ3) is 3.68. The second-order valence-electron chi connectivity index (χ2n) is 4.71. The Labute approximate surface area is 107 Å². The second kappa shape index (κ2) is 6.70. The zero-order chi connectivity index (χ0) is 13.6. The zero-order valence-electron chi connectivity index (χ0n) is 10.9. The first kappa shape index (κ1) is 14.9. The molecule has 0 saturated carbocycles. The smallest absolute Gasteiger partial charge is 0.328 e. The molecule has 18 heavy (non-hydrogen) atoms. The lowest BCUT2D eigenvalue weighted by molar-refractivity contribution is -0.152. The summed E-state index contributed by atoms with van der Waals surface area (Å²) in [4.78, 5) is 22.7. The number of methoxy groups -OCH3 is 1. The first-order valence-corrected chi connectivity index (χ1v) is 6.12. The Morgan fingerprint density at radius 2 is 2.28 bits per heavy atom. The van der Waals surface area contributed by atoms with E-state index in [0.29, 0.717) is 25.9 Å². The molecule has 1 fully saturated rings. The minimum atomic E-state index is -0.562. The van der Waals surface area contributed by atoms with Gasteiger partial charge in [-0.1, -0.05) is 6.92 Å². The van der Waals surface area contributed by atoms with Crippen molar-refractivity contribution in [3.8, 4) is 0 Å². The maximum Gasteiger partial charge on any atom is 0.328 e. The quantitative estimate of drug-likeness (QED) is 0.621. The molecule has 6 heteroatoms. The predicted octanol–water partition coefficient (Wildman–Crippen LogP) is -0.157. The second-order valence-corrected chi connectivity index (χ2v) is 4.71. The van der Waals surface area contributed by atoms with E-state index in [2.05, 4.69) is 5.32 Å². The van der Waals surface area contributed by atoms with Gasteiger partial charge in [-0.15, -0.1) is 0 Å². The molecule has 0 radical (unpaired) electrons. The first-order valence-electron chi connectivity index (χ1n) is 6.12. The molecule has 0 spiro atoms. The summed E-state index contributed by atoms with van der Waals surface area (Å²) >= 11 is 0. The van der Waals surface area contributed by atoms with E-state index in [1.54, 1.807) is 7.11 Å². The highest BCUT2D eigenvalue weighted by Crippen LogP contribution is 2.22. The lowest BCUT2D eigenvalue weighted by Crippen LogP contribution is -2.40. The number of hydrogen-bond acceptors (Lipinski definition) is 5. The Bertz CT molecular complexity index is 301. The van der Waals surface area contributed by atoms with E-state index < -0.39 is 17.4 Å². The maximum atomic E-state index is 11.7. The Hall–Kier alpha value is -1.14. The number of esters is 1. The van der Waals surface area contributed by atoms with Crippen molar-refractivity contribution in [2.45, 2.75) is 32.2 Å². The van der Waals surface area contributed by atoms with Crippen LogP contribution in [0.1, 0.15) is 26.2 Å². The van der Waals surface area contributed by atoms with Crippen molar-refractivity contribution in [2.24, 2.45) is 5.41 Å². The Balaban J connectivity index is 2.46. The third-order valence-electron chi connectivity index (χ3n) is 3.34. The summed E-state index contributed by atoms with van der Waals surface area (Å²) in [6, 6.07) is -0.548. The molecular weight excluding hydrogens is 238 g/mol. The van der Waals surface area contributed by atoms with Gasteiger partial charge in [0.1, 0.15) is 12.6 Å². The van der Waals surface area contributed by atoms with E-state index in [1.807, 2.05) is 6.92 Å². The van der Waals surface area contributed by atoms with Gasteiger partial charge in [0.25, 0.3) is 0 Å². The van der Waals surface area contributed by atoms with E-state index in [1.165, 1.54) is 0 Å². The average Bonchev–Trinajstić information content (AvgIpc) is 2.81. The molecule has 0 aromatic carbocycles. The van der Waals surface area contributed by atoms with Crippen molar-refractivity contribution in [1.82, 2.24) is 5.32 Å². The summed E-state index contributed by atoms with van der Waals surface area (Å²) in [6.45, 7) is 2.21. The summed E-state index contributed by atoms with van der Waals surface area (Å²) in [7, 11) is 1.54. The molecule has 1 saturated heterocycles. The van der Waals surface area contributed by atoms with Crippen LogP contribution in [-0.2, 0) is 19.1 Å². The molecule has 2 unspecified atom stereocenters. The number of rotatable bonds is 7. The molecule has 0 aromatic heterocycles. The van der Waals surface area contributed by atoms with Crippen LogP contribution in [0.5, 0.6) is 0 Å². The van der Waals surface area contributed by atoms with Crippen LogP contribution in [0.25, 0.3) is 0 Å². The van der Waals surface area contributed by atoms with Crippen LogP contribution in [0.2, 0.25) is 0 Å². The third-order valence-corrected chi connectivity index (χ3v) is 3.34. The number of carbonyl (C=O) groups is 2. The topological polar surface area (TPSA) is 84.9 Å². The molecule has 1 aliphatic rings. The van der Waals surface area contributed by atoms with Crippen LogP contribution < -0.4 is 5.32 Å². The zero-order valence-corrected chi connectivity index (χ0v) is 10.9. The maximum absolute atomic E-state index is 11.7. The van der Waals surface area contributed by atoms with Crippen LogP contribution >= 0.6 is 0 Å². The minimum Gasteiger partial charge on any atom is -0.463 e. The lowest BCUT2D eigenvalue weighted by atomic mass is 9.88. The molecule has 1 rings (SSSR count). The summed E-state index contributed by atoms with van der Waals surface area (Å²) < 4.78 is 10.2. The fourth-order valence-electron chi connectivity index (χ4n) is 1.87. The fraction of sp³-hybridized carbons (Fsp3) is 0.833. The van der Waals surface area contributed by atoms with Crippen molar-refractivity contribution in [1.29, 1.82) is 0 Å². The molecule has 0 aromatic rings. The van der Waals surface area contributed by atoms with Crippen molar-refractivity contribution in [3.05, 3.63) is 0 Å². The van der Waals surface area contributed by atoms with Crippen LogP contribution in [0.3, 0.4) is 0 Å². The van der Waals surface area contributed by atoms with E-state index in [4.69, 9.17) is 9.47 Å². The highest BCUT2D eigenvalue weighted by atomic mass is 16.5. The highest BCUT2D eigenvalue weighted by molar-refractivity contribution is 5.88. The number of ether oxygens (including phenoxy) is 2. The van der Waals surface area contributed by atoms with Crippen LogP contribution in [0.15, 0.2) is 0 Å². The molecule has 104 valence electrons. The Morgan fingerprint density at radius 1 is 1.56 bits per heavy atom. The highest BCUT2D eigenvalue weighted by Gasteiger charge is 2.33. The minimum absolute atomic E-state index is 0.0963. The van der Waals surface area contributed by atoms with Crippen LogP contribution in [-0.4, -0.2) is 50.0 Å².